The average molecular weight is 350 g/mol. The quantitative estimate of drug-likeness (QED) is 0.733. The normalized spacial score (nSPS) is 12.9. The van der Waals surface area contributed by atoms with E-state index in [0.29, 0.717) is 17.2 Å². The van der Waals surface area contributed by atoms with E-state index in [-0.39, 0.29) is 23.5 Å². The first-order valence-corrected chi connectivity index (χ1v) is 9.89. The molecule has 1 amide bonds. The molecule has 1 rings (SSSR count). The summed E-state index contributed by atoms with van der Waals surface area (Å²) in [5.74, 6) is 0.527. The van der Waals surface area contributed by atoms with Gasteiger partial charge in [0.2, 0.25) is 5.91 Å². The van der Waals surface area contributed by atoms with Crippen molar-refractivity contribution < 1.29 is 13.2 Å². The van der Waals surface area contributed by atoms with Gasteiger partial charge in [0.25, 0.3) is 0 Å². The summed E-state index contributed by atoms with van der Waals surface area (Å²) >= 11 is 7.53. The number of benzene rings is 1. The highest BCUT2D eigenvalue weighted by atomic mass is 35.5. The fraction of sp³-hybridized carbons (Fsp3) is 0.500. The van der Waals surface area contributed by atoms with Gasteiger partial charge in [-0.05, 0) is 19.1 Å². The molecule has 7 heteroatoms. The number of rotatable bonds is 8. The Morgan fingerprint density at radius 2 is 2.05 bits per heavy atom. The van der Waals surface area contributed by atoms with Crippen LogP contribution in [0, 0.1) is 0 Å². The second-order valence-corrected chi connectivity index (χ2v) is 8.64. The molecule has 0 aliphatic carbocycles. The molecule has 0 fully saturated rings. The highest BCUT2D eigenvalue weighted by Crippen LogP contribution is 2.26. The van der Waals surface area contributed by atoms with Crippen LogP contribution in [0.5, 0.6) is 0 Å². The van der Waals surface area contributed by atoms with Gasteiger partial charge < -0.3 is 5.32 Å². The second kappa shape index (κ2) is 8.66. The molecule has 0 radical (unpaired) electrons. The van der Waals surface area contributed by atoms with Crippen LogP contribution >= 0.6 is 23.4 Å². The van der Waals surface area contributed by atoms with Crippen LogP contribution in [0.3, 0.4) is 0 Å². The van der Waals surface area contributed by atoms with Gasteiger partial charge in [-0.25, -0.2) is 8.42 Å². The van der Waals surface area contributed by atoms with Crippen LogP contribution in [0.4, 0.5) is 0 Å². The molecule has 118 valence electrons. The summed E-state index contributed by atoms with van der Waals surface area (Å²) < 4.78 is 22.9. The Morgan fingerprint density at radius 1 is 1.38 bits per heavy atom. The minimum atomic E-state index is -3.07. The summed E-state index contributed by atoms with van der Waals surface area (Å²) in [5.41, 5.74) is 0. The van der Waals surface area contributed by atoms with E-state index in [1.165, 1.54) is 11.8 Å². The topological polar surface area (TPSA) is 63.2 Å². The summed E-state index contributed by atoms with van der Waals surface area (Å²) in [6, 6.07) is 7.09. The van der Waals surface area contributed by atoms with E-state index in [4.69, 9.17) is 11.6 Å². The van der Waals surface area contributed by atoms with E-state index < -0.39 is 9.84 Å². The van der Waals surface area contributed by atoms with E-state index in [1.807, 2.05) is 24.3 Å². The summed E-state index contributed by atoms with van der Waals surface area (Å²) in [7, 11) is -3.07. The summed E-state index contributed by atoms with van der Waals surface area (Å²) in [4.78, 5) is 12.7. The highest BCUT2D eigenvalue weighted by Gasteiger charge is 2.15. The van der Waals surface area contributed by atoms with E-state index >= 15 is 0 Å². The van der Waals surface area contributed by atoms with Crippen molar-refractivity contribution in [2.45, 2.75) is 31.2 Å². The number of hydrogen-bond acceptors (Lipinski definition) is 4. The van der Waals surface area contributed by atoms with Crippen LogP contribution in [0.15, 0.2) is 29.2 Å². The van der Waals surface area contributed by atoms with Gasteiger partial charge in [0.1, 0.15) is 0 Å². The lowest BCUT2D eigenvalue weighted by atomic mass is 10.3. The Balaban J connectivity index is 2.33. The molecule has 0 bridgehead atoms. The van der Waals surface area contributed by atoms with Gasteiger partial charge in [-0.15, -0.1) is 11.8 Å². The molecule has 4 nitrogen and oxygen atoms in total. The maximum Gasteiger partial charge on any atom is 0.221 e. The standard InChI is InChI=1S/C14H20ClNO3S2/c1-3-21(18,19)10-11(2)16-14(17)8-9-20-13-7-5-4-6-12(13)15/h4-7,11H,3,8-10H2,1-2H3,(H,16,17). The molecule has 21 heavy (non-hydrogen) atoms. The SMILES string of the molecule is CCS(=O)(=O)CC(C)NC(=O)CCSc1ccccc1Cl. The van der Waals surface area contributed by atoms with Gasteiger partial charge in [0.15, 0.2) is 9.84 Å². The molecule has 0 heterocycles. The Bertz CT molecular complexity index is 575. The zero-order valence-corrected chi connectivity index (χ0v) is 14.5. The van der Waals surface area contributed by atoms with Crippen molar-refractivity contribution in [1.82, 2.24) is 5.32 Å². The minimum Gasteiger partial charge on any atom is -0.353 e. The Kier molecular flexibility index (Phi) is 7.56. The van der Waals surface area contributed by atoms with Crippen LogP contribution in [-0.2, 0) is 14.6 Å². The largest absolute Gasteiger partial charge is 0.353 e. The number of carbonyl (C=O) groups excluding carboxylic acids is 1. The average Bonchev–Trinajstić information content (AvgIpc) is 2.40. The number of sulfone groups is 1. The molecule has 1 aromatic carbocycles. The molecule has 1 atom stereocenters. The minimum absolute atomic E-state index is 0.0209. The Hall–Kier alpha value is -0.720. The van der Waals surface area contributed by atoms with Crippen LogP contribution in [0.25, 0.3) is 0 Å². The van der Waals surface area contributed by atoms with Gasteiger partial charge in [-0.2, -0.15) is 0 Å². The predicted octanol–water partition coefficient (Wildman–Crippen LogP) is 2.76. The third kappa shape index (κ3) is 7.20. The maximum absolute atomic E-state index is 11.8. The van der Waals surface area contributed by atoms with E-state index in [1.54, 1.807) is 13.8 Å². The molecule has 0 saturated carbocycles. The van der Waals surface area contributed by atoms with Gasteiger partial charge in [-0.3, -0.25) is 4.79 Å². The number of carbonyl (C=O) groups is 1. The summed E-state index contributed by atoms with van der Waals surface area (Å²) in [5, 5.41) is 3.38. The molecular formula is C14H20ClNO3S2. The van der Waals surface area contributed by atoms with Crippen molar-refractivity contribution >= 4 is 39.1 Å². The number of amides is 1. The lowest BCUT2D eigenvalue weighted by molar-refractivity contribution is -0.121. The van der Waals surface area contributed by atoms with E-state index in [9.17, 15) is 13.2 Å². The first-order valence-electron chi connectivity index (χ1n) is 6.71. The number of hydrogen-bond donors (Lipinski definition) is 1. The van der Waals surface area contributed by atoms with Crippen molar-refractivity contribution in [2.24, 2.45) is 0 Å². The molecule has 1 unspecified atom stereocenters. The molecule has 0 spiro atoms. The van der Waals surface area contributed by atoms with Crippen molar-refractivity contribution in [3.05, 3.63) is 29.3 Å². The zero-order valence-electron chi connectivity index (χ0n) is 12.1. The van der Waals surface area contributed by atoms with Gasteiger partial charge in [-0.1, -0.05) is 30.7 Å². The first kappa shape index (κ1) is 18.3. The Labute approximate surface area is 135 Å². The molecule has 1 N–H and O–H groups in total. The van der Waals surface area contributed by atoms with Gasteiger partial charge in [0, 0.05) is 28.9 Å². The van der Waals surface area contributed by atoms with Crippen LogP contribution < -0.4 is 5.32 Å². The smallest absolute Gasteiger partial charge is 0.221 e. The summed E-state index contributed by atoms with van der Waals surface area (Å²) in [6.45, 7) is 3.30. The number of thioether (sulfide) groups is 1. The van der Waals surface area contributed by atoms with E-state index in [0.717, 1.165) is 4.90 Å². The molecule has 0 aliphatic heterocycles. The van der Waals surface area contributed by atoms with Crippen LogP contribution in [-0.4, -0.2) is 37.6 Å². The monoisotopic (exact) mass is 349 g/mol. The molecule has 0 saturated heterocycles. The molecule has 0 aliphatic rings. The second-order valence-electron chi connectivity index (χ2n) is 4.70. The van der Waals surface area contributed by atoms with Crippen molar-refractivity contribution in [3.63, 3.8) is 0 Å². The lowest BCUT2D eigenvalue weighted by Gasteiger charge is -2.13. The lowest BCUT2D eigenvalue weighted by Crippen LogP contribution is -2.38. The predicted molar refractivity (Wildman–Crippen MR) is 88.7 cm³/mol. The highest BCUT2D eigenvalue weighted by molar-refractivity contribution is 7.99. The van der Waals surface area contributed by atoms with Crippen molar-refractivity contribution in [1.29, 1.82) is 0 Å². The maximum atomic E-state index is 11.8. The van der Waals surface area contributed by atoms with Crippen molar-refractivity contribution in [3.8, 4) is 0 Å². The fourth-order valence-corrected chi connectivity index (χ4v) is 3.97. The van der Waals surface area contributed by atoms with E-state index in [2.05, 4.69) is 5.32 Å². The molecular weight excluding hydrogens is 330 g/mol. The first-order chi connectivity index (χ1) is 9.84. The van der Waals surface area contributed by atoms with Crippen LogP contribution in [0.1, 0.15) is 20.3 Å². The number of halogens is 1. The third-order valence-electron chi connectivity index (χ3n) is 2.77. The van der Waals surface area contributed by atoms with Gasteiger partial charge >= 0.3 is 0 Å². The number of nitrogens with one attached hydrogen (secondary N) is 1. The van der Waals surface area contributed by atoms with Crippen molar-refractivity contribution in [2.75, 3.05) is 17.3 Å². The summed E-state index contributed by atoms with van der Waals surface area (Å²) in [6.07, 6.45) is 0.326. The molecule has 0 aromatic heterocycles. The molecule has 1 aromatic rings. The fourth-order valence-electron chi connectivity index (χ4n) is 1.70. The van der Waals surface area contributed by atoms with Crippen LogP contribution in [0.2, 0.25) is 5.02 Å². The third-order valence-corrected chi connectivity index (χ3v) is 6.18. The Morgan fingerprint density at radius 3 is 2.67 bits per heavy atom. The van der Waals surface area contributed by atoms with Gasteiger partial charge in [0.05, 0.1) is 10.8 Å². The zero-order chi connectivity index (χ0) is 15.9.